The number of thiol groups is 1. The fourth-order valence-electron chi connectivity index (χ4n) is 1.15. The van der Waals surface area contributed by atoms with Gasteiger partial charge in [-0.1, -0.05) is 13.3 Å². The van der Waals surface area contributed by atoms with E-state index in [4.69, 9.17) is 0 Å². The predicted molar refractivity (Wildman–Crippen MR) is 54.6 cm³/mol. The summed E-state index contributed by atoms with van der Waals surface area (Å²) in [5.74, 6) is 1.59. The molecule has 1 atom stereocenters. The summed E-state index contributed by atoms with van der Waals surface area (Å²) in [6, 6.07) is 0. The lowest BCUT2D eigenvalue weighted by molar-refractivity contribution is 0.446. The van der Waals surface area contributed by atoms with Crippen LogP contribution in [-0.2, 0) is 6.54 Å². The summed E-state index contributed by atoms with van der Waals surface area (Å²) in [5.41, 5.74) is 1.23. The van der Waals surface area contributed by atoms with E-state index in [9.17, 15) is 0 Å². The average molecular weight is 184 g/mol. The van der Waals surface area contributed by atoms with Crippen LogP contribution in [0.2, 0.25) is 0 Å². The van der Waals surface area contributed by atoms with Crippen molar-refractivity contribution in [3.63, 3.8) is 0 Å². The van der Waals surface area contributed by atoms with Crippen LogP contribution >= 0.6 is 12.6 Å². The molecule has 0 aliphatic carbocycles. The summed E-state index contributed by atoms with van der Waals surface area (Å²) in [7, 11) is 0. The zero-order valence-corrected chi connectivity index (χ0v) is 8.59. The van der Waals surface area contributed by atoms with Crippen LogP contribution in [-0.4, -0.2) is 15.5 Å². The summed E-state index contributed by atoms with van der Waals surface area (Å²) in [6.45, 7) is 5.25. The van der Waals surface area contributed by atoms with Gasteiger partial charge in [-0.15, -0.1) is 0 Å². The molecule has 0 fully saturated rings. The Balaban J connectivity index is 2.50. The number of nitrogens with zero attached hydrogens (tertiary/aromatic N) is 2. The lowest BCUT2D eigenvalue weighted by atomic mass is 10.1. The Hall–Kier alpha value is -0.440. The molecule has 0 spiro atoms. The van der Waals surface area contributed by atoms with E-state index >= 15 is 0 Å². The van der Waals surface area contributed by atoms with E-state index in [1.807, 2.05) is 10.9 Å². The van der Waals surface area contributed by atoms with Gasteiger partial charge in [-0.05, 0) is 24.2 Å². The quantitative estimate of drug-likeness (QED) is 0.710. The zero-order chi connectivity index (χ0) is 8.97. The number of aryl methyl sites for hydroxylation is 1. The SMILES string of the molecule is CCC(CS)Cn1cc(C)cn1. The zero-order valence-electron chi connectivity index (χ0n) is 7.70. The van der Waals surface area contributed by atoms with E-state index in [-0.39, 0.29) is 0 Å². The first-order chi connectivity index (χ1) is 5.76. The predicted octanol–water partition coefficient (Wildman–Crippen LogP) is 2.15. The smallest absolute Gasteiger partial charge is 0.0518 e. The molecular weight excluding hydrogens is 168 g/mol. The first-order valence-electron chi connectivity index (χ1n) is 4.36. The minimum Gasteiger partial charge on any atom is -0.272 e. The molecule has 3 heteroatoms. The van der Waals surface area contributed by atoms with Crippen molar-refractivity contribution in [2.45, 2.75) is 26.8 Å². The molecule has 0 radical (unpaired) electrons. The van der Waals surface area contributed by atoms with Crippen LogP contribution in [0.4, 0.5) is 0 Å². The molecule has 0 aliphatic heterocycles. The monoisotopic (exact) mass is 184 g/mol. The van der Waals surface area contributed by atoms with Crippen molar-refractivity contribution in [3.8, 4) is 0 Å². The van der Waals surface area contributed by atoms with Crippen LogP contribution in [0.25, 0.3) is 0 Å². The highest BCUT2D eigenvalue weighted by atomic mass is 32.1. The summed E-state index contributed by atoms with van der Waals surface area (Å²) in [5, 5.41) is 4.23. The molecule has 0 N–H and O–H groups in total. The van der Waals surface area contributed by atoms with Crippen molar-refractivity contribution in [2.75, 3.05) is 5.75 Å². The Kier molecular flexibility index (Phi) is 3.66. The van der Waals surface area contributed by atoms with E-state index in [0.717, 1.165) is 12.3 Å². The fourth-order valence-corrected chi connectivity index (χ4v) is 1.52. The first-order valence-corrected chi connectivity index (χ1v) is 4.99. The molecule has 1 unspecified atom stereocenters. The van der Waals surface area contributed by atoms with Crippen molar-refractivity contribution in [2.24, 2.45) is 5.92 Å². The van der Waals surface area contributed by atoms with E-state index in [0.29, 0.717) is 5.92 Å². The highest BCUT2D eigenvalue weighted by Crippen LogP contribution is 2.08. The van der Waals surface area contributed by atoms with Gasteiger partial charge in [0, 0.05) is 12.7 Å². The van der Waals surface area contributed by atoms with Gasteiger partial charge in [0.25, 0.3) is 0 Å². The van der Waals surface area contributed by atoms with Crippen LogP contribution in [0.3, 0.4) is 0 Å². The fraction of sp³-hybridized carbons (Fsp3) is 0.667. The average Bonchev–Trinajstić information content (AvgIpc) is 2.47. The maximum absolute atomic E-state index is 4.29. The molecule has 68 valence electrons. The number of hydrogen-bond donors (Lipinski definition) is 1. The van der Waals surface area contributed by atoms with Crippen molar-refractivity contribution in [1.29, 1.82) is 0 Å². The third-order valence-electron chi connectivity index (χ3n) is 2.04. The largest absolute Gasteiger partial charge is 0.272 e. The van der Waals surface area contributed by atoms with E-state index < -0.39 is 0 Å². The second-order valence-electron chi connectivity index (χ2n) is 3.20. The van der Waals surface area contributed by atoms with E-state index in [1.54, 1.807) is 0 Å². The molecule has 0 saturated carbocycles. The Morgan fingerprint density at radius 2 is 2.42 bits per heavy atom. The Morgan fingerprint density at radius 1 is 1.67 bits per heavy atom. The van der Waals surface area contributed by atoms with Gasteiger partial charge in [0.2, 0.25) is 0 Å². The maximum Gasteiger partial charge on any atom is 0.0518 e. The Labute approximate surface area is 79.4 Å². The summed E-state index contributed by atoms with van der Waals surface area (Å²) >= 11 is 4.29. The van der Waals surface area contributed by atoms with Crippen molar-refractivity contribution >= 4 is 12.6 Å². The lowest BCUT2D eigenvalue weighted by Crippen LogP contribution is -2.11. The maximum atomic E-state index is 4.29. The highest BCUT2D eigenvalue weighted by molar-refractivity contribution is 7.80. The van der Waals surface area contributed by atoms with Crippen LogP contribution in [0.1, 0.15) is 18.9 Å². The molecule has 0 amide bonds. The molecule has 1 rings (SSSR count). The topological polar surface area (TPSA) is 17.8 Å². The normalized spacial score (nSPS) is 13.2. The van der Waals surface area contributed by atoms with Gasteiger partial charge in [-0.25, -0.2) is 0 Å². The molecule has 1 aromatic heterocycles. The van der Waals surface area contributed by atoms with Gasteiger partial charge in [0.1, 0.15) is 0 Å². The van der Waals surface area contributed by atoms with Gasteiger partial charge >= 0.3 is 0 Å². The molecule has 1 heterocycles. The Morgan fingerprint density at radius 3 is 2.83 bits per heavy atom. The molecule has 0 aromatic carbocycles. The van der Waals surface area contributed by atoms with Crippen LogP contribution in [0.15, 0.2) is 12.4 Å². The molecule has 0 bridgehead atoms. The van der Waals surface area contributed by atoms with Gasteiger partial charge in [-0.2, -0.15) is 17.7 Å². The van der Waals surface area contributed by atoms with Crippen molar-refractivity contribution < 1.29 is 0 Å². The molecular formula is C9H16N2S. The van der Waals surface area contributed by atoms with Gasteiger partial charge in [-0.3, -0.25) is 4.68 Å². The second kappa shape index (κ2) is 4.55. The van der Waals surface area contributed by atoms with Gasteiger partial charge < -0.3 is 0 Å². The Bertz CT molecular complexity index is 228. The standard InChI is InChI=1S/C9H16N2S/c1-3-9(7-12)6-11-5-8(2)4-10-11/h4-5,9,12H,3,6-7H2,1-2H3. The third kappa shape index (κ3) is 2.55. The highest BCUT2D eigenvalue weighted by Gasteiger charge is 2.04. The van der Waals surface area contributed by atoms with Crippen molar-refractivity contribution in [1.82, 2.24) is 9.78 Å². The molecule has 12 heavy (non-hydrogen) atoms. The van der Waals surface area contributed by atoms with Crippen LogP contribution in [0, 0.1) is 12.8 Å². The van der Waals surface area contributed by atoms with Gasteiger partial charge in [0.05, 0.1) is 6.20 Å². The summed E-state index contributed by atoms with van der Waals surface area (Å²) < 4.78 is 2.00. The second-order valence-corrected chi connectivity index (χ2v) is 3.56. The van der Waals surface area contributed by atoms with Crippen LogP contribution in [0.5, 0.6) is 0 Å². The molecule has 0 saturated heterocycles. The van der Waals surface area contributed by atoms with E-state index in [2.05, 4.69) is 37.8 Å². The molecule has 2 nitrogen and oxygen atoms in total. The summed E-state index contributed by atoms with van der Waals surface area (Å²) in [4.78, 5) is 0. The molecule has 0 aliphatic rings. The van der Waals surface area contributed by atoms with Gasteiger partial charge in [0.15, 0.2) is 0 Å². The number of aromatic nitrogens is 2. The number of hydrogen-bond acceptors (Lipinski definition) is 2. The van der Waals surface area contributed by atoms with E-state index in [1.165, 1.54) is 12.0 Å². The molecule has 1 aromatic rings. The summed E-state index contributed by atoms with van der Waals surface area (Å²) in [6.07, 6.45) is 5.14. The number of rotatable bonds is 4. The lowest BCUT2D eigenvalue weighted by Gasteiger charge is -2.10. The minimum atomic E-state index is 0.646. The van der Waals surface area contributed by atoms with Crippen LogP contribution < -0.4 is 0 Å². The van der Waals surface area contributed by atoms with Crippen molar-refractivity contribution in [3.05, 3.63) is 18.0 Å². The third-order valence-corrected chi connectivity index (χ3v) is 2.56. The first kappa shape index (κ1) is 9.65. The minimum absolute atomic E-state index is 0.646.